The summed E-state index contributed by atoms with van der Waals surface area (Å²) in [7, 11) is 0. The van der Waals surface area contributed by atoms with E-state index >= 15 is 0 Å². The Labute approximate surface area is 128 Å². The van der Waals surface area contributed by atoms with Crippen molar-refractivity contribution in [3.8, 4) is 5.75 Å². The average molecular weight is 293 g/mol. The molecule has 1 fully saturated rings. The Hall–Kier alpha value is -1.09. The van der Waals surface area contributed by atoms with Crippen molar-refractivity contribution in [2.24, 2.45) is 5.92 Å². The minimum absolute atomic E-state index is 0.169. The number of hydrogen-bond acceptors (Lipinski definition) is 2. The van der Waals surface area contributed by atoms with E-state index < -0.39 is 0 Å². The van der Waals surface area contributed by atoms with Crippen LogP contribution < -0.4 is 10.1 Å². The summed E-state index contributed by atoms with van der Waals surface area (Å²) in [5, 5.41) is 3.34. The Bertz CT molecular complexity index is 439. The van der Waals surface area contributed by atoms with Crippen LogP contribution in [-0.4, -0.2) is 12.1 Å². The first-order valence-corrected chi connectivity index (χ1v) is 8.27. The number of para-hydroxylation sites is 1. The zero-order chi connectivity index (χ0) is 15.2. The second-order valence-corrected chi connectivity index (χ2v) is 6.43. The summed E-state index contributed by atoms with van der Waals surface area (Å²) < 4.78 is 20.1. The predicted octanol–water partition coefficient (Wildman–Crippen LogP) is 4.67. The van der Waals surface area contributed by atoms with Gasteiger partial charge in [-0.15, -0.1) is 0 Å². The maximum absolute atomic E-state index is 14.1. The molecule has 1 aromatic rings. The van der Waals surface area contributed by atoms with Crippen LogP contribution in [0.4, 0.5) is 4.39 Å². The van der Waals surface area contributed by atoms with Gasteiger partial charge in [0.2, 0.25) is 0 Å². The molecule has 1 saturated carbocycles. The molecule has 0 aromatic heterocycles. The Morgan fingerprint density at radius 3 is 2.57 bits per heavy atom. The molecular formula is C18H28FNO. The summed E-state index contributed by atoms with van der Waals surface area (Å²) in [6.45, 7) is 7.07. The molecule has 21 heavy (non-hydrogen) atoms. The van der Waals surface area contributed by atoms with Gasteiger partial charge in [0.05, 0.1) is 6.10 Å². The third-order valence-corrected chi connectivity index (χ3v) is 4.40. The zero-order valence-electron chi connectivity index (χ0n) is 13.5. The van der Waals surface area contributed by atoms with Gasteiger partial charge in [0.1, 0.15) is 0 Å². The van der Waals surface area contributed by atoms with Gasteiger partial charge in [-0.3, -0.25) is 0 Å². The van der Waals surface area contributed by atoms with Crippen molar-refractivity contribution in [1.29, 1.82) is 0 Å². The van der Waals surface area contributed by atoms with E-state index in [4.69, 9.17) is 4.74 Å². The lowest BCUT2D eigenvalue weighted by molar-refractivity contribution is 0.123. The van der Waals surface area contributed by atoms with Crippen LogP contribution in [0.1, 0.15) is 58.4 Å². The molecule has 1 aromatic carbocycles. The molecule has 1 aliphatic rings. The Balaban J connectivity index is 2.01. The maximum atomic E-state index is 14.1. The Kier molecular flexibility index (Phi) is 6.04. The van der Waals surface area contributed by atoms with E-state index in [0.29, 0.717) is 18.3 Å². The molecule has 0 heterocycles. The van der Waals surface area contributed by atoms with Gasteiger partial charge < -0.3 is 10.1 Å². The summed E-state index contributed by atoms with van der Waals surface area (Å²) in [6, 6.07) is 5.58. The van der Waals surface area contributed by atoms with Gasteiger partial charge in [-0.2, -0.15) is 0 Å². The second-order valence-electron chi connectivity index (χ2n) is 6.43. The first kappa shape index (κ1) is 16.3. The van der Waals surface area contributed by atoms with Gasteiger partial charge in [0.15, 0.2) is 11.6 Å². The van der Waals surface area contributed by atoms with E-state index in [0.717, 1.165) is 24.3 Å². The zero-order valence-corrected chi connectivity index (χ0v) is 13.5. The first-order chi connectivity index (χ1) is 10.1. The van der Waals surface area contributed by atoms with E-state index in [2.05, 4.69) is 26.1 Å². The highest BCUT2D eigenvalue weighted by Crippen LogP contribution is 2.31. The van der Waals surface area contributed by atoms with Crippen molar-refractivity contribution in [3.05, 3.63) is 29.6 Å². The number of benzene rings is 1. The monoisotopic (exact) mass is 293 g/mol. The van der Waals surface area contributed by atoms with Gasteiger partial charge >= 0.3 is 0 Å². The van der Waals surface area contributed by atoms with Crippen molar-refractivity contribution in [2.75, 3.05) is 0 Å². The molecule has 0 bridgehead atoms. The fraction of sp³-hybridized carbons (Fsp3) is 0.667. The maximum Gasteiger partial charge on any atom is 0.165 e. The smallest absolute Gasteiger partial charge is 0.165 e. The highest BCUT2D eigenvalue weighted by atomic mass is 19.1. The molecule has 0 radical (unpaired) electrons. The molecular weight excluding hydrogens is 265 g/mol. The topological polar surface area (TPSA) is 21.3 Å². The van der Waals surface area contributed by atoms with Crippen LogP contribution in [0.5, 0.6) is 5.75 Å². The van der Waals surface area contributed by atoms with Gasteiger partial charge in [-0.25, -0.2) is 4.39 Å². The third kappa shape index (κ3) is 4.70. The molecule has 118 valence electrons. The lowest BCUT2D eigenvalue weighted by atomic mass is 9.86. The number of hydrogen-bond donors (Lipinski definition) is 1. The van der Waals surface area contributed by atoms with E-state index in [1.165, 1.54) is 25.3 Å². The standard InChI is InChI=1S/C18H28FNO/c1-4-14-8-10-16(11-9-14)21-18-15(12-20-13(2)3)6-5-7-17(18)19/h5-7,13-14,16,20H,4,8-12H2,1-3H3. The van der Waals surface area contributed by atoms with Crippen molar-refractivity contribution in [3.63, 3.8) is 0 Å². The highest BCUT2D eigenvalue weighted by molar-refractivity contribution is 5.35. The normalized spacial score (nSPS) is 22.5. The van der Waals surface area contributed by atoms with Crippen molar-refractivity contribution >= 4 is 0 Å². The molecule has 2 nitrogen and oxygen atoms in total. The summed E-state index contributed by atoms with van der Waals surface area (Å²) in [5.74, 6) is 1.04. The summed E-state index contributed by atoms with van der Waals surface area (Å²) in [5.41, 5.74) is 0.918. The van der Waals surface area contributed by atoms with Crippen LogP contribution in [0.2, 0.25) is 0 Å². The average Bonchev–Trinajstić information content (AvgIpc) is 2.48. The lowest BCUT2D eigenvalue weighted by Crippen LogP contribution is -2.26. The fourth-order valence-corrected chi connectivity index (χ4v) is 2.96. The Morgan fingerprint density at radius 2 is 1.95 bits per heavy atom. The SMILES string of the molecule is CCC1CCC(Oc2c(F)cccc2CNC(C)C)CC1. The number of ether oxygens (including phenoxy) is 1. The summed E-state index contributed by atoms with van der Waals surface area (Å²) in [4.78, 5) is 0. The number of nitrogens with one attached hydrogen (secondary N) is 1. The predicted molar refractivity (Wildman–Crippen MR) is 85.0 cm³/mol. The van der Waals surface area contributed by atoms with Gasteiger partial charge in [0, 0.05) is 18.2 Å². The highest BCUT2D eigenvalue weighted by Gasteiger charge is 2.23. The van der Waals surface area contributed by atoms with Crippen LogP contribution in [0, 0.1) is 11.7 Å². The van der Waals surface area contributed by atoms with Crippen LogP contribution >= 0.6 is 0 Å². The van der Waals surface area contributed by atoms with Gasteiger partial charge in [-0.05, 0) is 37.7 Å². The molecule has 0 aliphatic heterocycles. The van der Waals surface area contributed by atoms with Crippen LogP contribution in [-0.2, 0) is 6.54 Å². The minimum atomic E-state index is -0.240. The molecule has 0 spiro atoms. The third-order valence-electron chi connectivity index (χ3n) is 4.40. The molecule has 0 amide bonds. The Morgan fingerprint density at radius 1 is 1.24 bits per heavy atom. The molecule has 1 aliphatic carbocycles. The van der Waals surface area contributed by atoms with Gasteiger partial charge in [0.25, 0.3) is 0 Å². The summed E-state index contributed by atoms with van der Waals surface area (Å²) >= 11 is 0. The minimum Gasteiger partial charge on any atom is -0.487 e. The van der Waals surface area contributed by atoms with E-state index in [-0.39, 0.29) is 11.9 Å². The van der Waals surface area contributed by atoms with Crippen molar-refractivity contribution in [1.82, 2.24) is 5.32 Å². The second kappa shape index (κ2) is 7.79. The van der Waals surface area contributed by atoms with Crippen molar-refractivity contribution in [2.45, 2.75) is 71.6 Å². The first-order valence-electron chi connectivity index (χ1n) is 8.27. The van der Waals surface area contributed by atoms with Crippen LogP contribution in [0.15, 0.2) is 18.2 Å². The quantitative estimate of drug-likeness (QED) is 0.823. The molecule has 1 N–H and O–H groups in total. The summed E-state index contributed by atoms with van der Waals surface area (Å²) in [6.07, 6.45) is 5.91. The molecule has 0 unspecified atom stereocenters. The molecule has 0 saturated heterocycles. The lowest BCUT2D eigenvalue weighted by Gasteiger charge is -2.29. The molecule has 2 rings (SSSR count). The largest absolute Gasteiger partial charge is 0.487 e. The molecule has 3 heteroatoms. The van der Waals surface area contributed by atoms with Crippen LogP contribution in [0.25, 0.3) is 0 Å². The van der Waals surface area contributed by atoms with Crippen molar-refractivity contribution < 1.29 is 9.13 Å². The number of rotatable bonds is 6. The van der Waals surface area contributed by atoms with Crippen LogP contribution in [0.3, 0.4) is 0 Å². The van der Waals surface area contributed by atoms with E-state index in [1.54, 1.807) is 6.07 Å². The van der Waals surface area contributed by atoms with E-state index in [9.17, 15) is 4.39 Å². The number of halogens is 1. The van der Waals surface area contributed by atoms with E-state index in [1.807, 2.05) is 6.07 Å². The fourth-order valence-electron chi connectivity index (χ4n) is 2.96. The van der Waals surface area contributed by atoms with Gasteiger partial charge in [-0.1, -0.05) is 39.3 Å². The molecule has 0 atom stereocenters.